The smallest absolute Gasteiger partial charge is 0.248 e. The second-order valence-corrected chi connectivity index (χ2v) is 7.71. The lowest BCUT2D eigenvalue weighted by Crippen LogP contribution is -2.24. The Labute approximate surface area is 165 Å². The number of hydrogen-bond acceptors (Lipinski definition) is 3. The Morgan fingerprint density at radius 3 is 2.56 bits per heavy atom. The van der Waals surface area contributed by atoms with Gasteiger partial charge in [-0.25, -0.2) is 5.32 Å². The highest BCUT2D eigenvalue weighted by molar-refractivity contribution is 6.30. The maximum atomic E-state index is 12.8. The molecule has 3 rings (SSSR count). The van der Waals surface area contributed by atoms with Gasteiger partial charge in [-0.15, -0.1) is 0 Å². The summed E-state index contributed by atoms with van der Waals surface area (Å²) in [6, 6.07) is 11.6. The van der Waals surface area contributed by atoms with Crippen molar-refractivity contribution in [2.24, 2.45) is 5.92 Å². The standard InChI is InChI=1S/C22H25ClNO3/c1-13(2)10-18-15-9-8-14(23)11-17(15)19(12-24-22(18)25)16-6-5-7-20(26-3)21(16)27-4/h5-9,11,13,18-19H,10,12H2,1-4H3. The van der Waals surface area contributed by atoms with Gasteiger partial charge in [0.1, 0.15) is 0 Å². The zero-order chi connectivity index (χ0) is 19.6. The van der Waals surface area contributed by atoms with Crippen molar-refractivity contribution in [3.05, 3.63) is 58.1 Å². The Kier molecular flexibility index (Phi) is 5.95. The van der Waals surface area contributed by atoms with Crippen molar-refractivity contribution < 1.29 is 14.3 Å². The molecular formula is C22H25ClNO3. The summed E-state index contributed by atoms with van der Waals surface area (Å²) in [5.41, 5.74) is 2.99. The van der Waals surface area contributed by atoms with Gasteiger partial charge in [0.05, 0.1) is 26.7 Å². The van der Waals surface area contributed by atoms with E-state index in [2.05, 4.69) is 19.2 Å². The molecule has 1 heterocycles. The van der Waals surface area contributed by atoms with Crippen LogP contribution in [-0.4, -0.2) is 26.7 Å². The van der Waals surface area contributed by atoms with Crippen LogP contribution in [0, 0.1) is 5.92 Å². The van der Waals surface area contributed by atoms with E-state index in [1.165, 1.54) is 0 Å². The summed E-state index contributed by atoms with van der Waals surface area (Å²) >= 11 is 6.33. The predicted octanol–water partition coefficient (Wildman–Crippen LogP) is 4.76. The summed E-state index contributed by atoms with van der Waals surface area (Å²) in [6.07, 6.45) is 0.763. The molecule has 0 saturated heterocycles. The first-order valence-corrected chi connectivity index (χ1v) is 9.55. The number of methoxy groups -OCH3 is 2. The van der Waals surface area contributed by atoms with Crippen LogP contribution >= 0.6 is 11.6 Å². The van der Waals surface area contributed by atoms with Crippen LogP contribution in [0.1, 0.15) is 48.8 Å². The lowest BCUT2D eigenvalue weighted by atomic mass is 9.82. The normalized spacial score (nSPS) is 19.3. The van der Waals surface area contributed by atoms with Crippen LogP contribution in [0.25, 0.3) is 0 Å². The van der Waals surface area contributed by atoms with Crippen LogP contribution in [0.4, 0.5) is 0 Å². The number of para-hydroxylation sites is 1. The fourth-order valence-corrected chi connectivity index (χ4v) is 4.02. The Morgan fingerprint density at radius 2 is 1.89 bits per heavy atom. The van der Waals surface area contributed by atoms with E-state index >= 15 is 0 Å². The number of hydrogen-bond donors (Lipinski definition) is 0. The third-order valence-electron chi connectivity index (χ3n) is 5.04. The summed E-state index contributed by atoms with van der Waals surface area (Å²) in [5, 5.41) is 5.06. The Bertz CT molecular complexity index is 834. The molecule has 2 unspecified atom stereocenters. The molecule has 0 saturated carbocycles. The lowest BCUT2D eigenvalue weighted by molar-refractivity contribution is -0.123. The molecule has 0 N–H and O–H groups in total. The minimum absolute atomic E-state index is 0.0587. The van der Waals surface area contributed by atoms with E-state index in [1.807, 2.05) is 36.4 Å². The molecule has 0 aromatic heterocycles. The molecule has 2 aromatic rings. The molecule has 2 aromatic carbocycles. The predicted molar refractivity (Wildman–Crippen MR) is 107 cm³/mol. The molecule has 0 bridgehead atoms. The molecule has 5 heteroatoms. The van der Waals surface area contributed by atoms with Gasteiger partial charge in [-0.2, -0.15) is 0 Å². The number of carbonyl (C=O) groups excluding carboxylic acids is 1. The number of amides is 1. The largest absolute Gasteiger partial charge is 0.493 e. The maximum absolute atomic E-state index is 12.8. The lowest BCUT2D eigenvalue weighted by Gasteiger charge is -2.23. The fourth-order valence-electron chi connectivity index (χ4n) is 3.84. The van der Waals surface area contributed by atoms with Crippen LogP contribution in [0.5, 0.6) is 11.5 Å². The van der Waals surface area contributed by atoms with E-state index in [0.717, 1.165) is 23.1 Å². The number of carbonyl (C=O) groups is 1. The number of ether oxygens (including phenoxy) is 2. The van der Waals surface area contributed by atoms with Gasteiger partial charge in [0.25, 0.3) is 0 Å². The first kappa shape index (κ1) is 19.6. The van der Waals surface area contributed by atoms with Crippen molar-refractivity contribution in [2.45, 2.75) is 32.1 Å². The fraction of sp³-hybridized carbons (Fsp3) is 0.409. The van der Waals surface area contributed by atoms with E-state index in [-0.39, 0.29) is 17.7 Å². The van der Waals surface area contributed by atoms with Crippen molar-refractivity contribution in [2.75, 3.05) is 20.8 Å². The molecule has 4 nitrogen and oxygen atoms in total. The van der Waals surface area contributed by atoms with Gasteiger partial charge in [0.2, 0.25) is 5.91 Å². The van der Waals surface area contributed by atoms with Gasteiger partial charge in [0.15, 0.2) is 11.5 Å². The molecular weight excluding hydrogens is 362 g/mol. The molecule has 1 amide bonds. The number of benzene rings is 2. The second-order valence-electron chi connectivity index (χ2n) is 7.27. The SMILES string of the molecule is COc1cccc(C2C[N]C(=O)C(CC(C)C)c3ccc(Cl)cc32)c1OC. The van der Waals surface area contributed by atoms with Crippen LogP contribution in [0.2, 0.25) is 5.02 Å². The minimum Gasteiger partial charge on any atom is -0.493 e. The molecule has 0 spiro atoms. The van der Waals surface area contributed by atoms with Gasteiger partial charge in [0, 0.05) is 16.5 Å². The number of nitrogens with zero attached hydrogens (tertiary/aromatic N) is 1. The van der Waals surface area contributed by atoms with Crippen LogP contribution in [0.3, 0.4) is 0 Å². The van der Waals surface area contributed by atoms with Crippen LogP contribution in [-0.2, 0) is 4.79 Å². The molecule has 143 valence electrons. The Hall–Kier alpha value is -2.20. The van der Waals surface area contributed by atoms with E-state index in [9.17, 15) is 4.79 Å². The van der Waals surface area contributed by atoms with Gasteiger partial charge >= 0.3 is 0 Å². The highest BCUT2D eigenvalue weighted by Gasteiger charge is 2.34. The highest BCUT2D eigenvalue weighted by Crippen LogP contribution is 2.43. The zero-order valence-corrected chi connectivity index (χ0v) is 16.9. The summed E-state index contributed by atoms with van der Waals surface area (Å²) < 4.78 is 11.1. The van der Waals surface area contributed by atoms with Gasteiger partial charge < -0.3 is 9.47 Å². The molecule has 0 aliphatic carbocycles. The van der Waals surface area contributed by atoms with Gasteiger partial charge in [-0.05, 0) is 41.7 Å². The third-order valence-corrected chi connectivity index (χ3v) is 5.28. The topological polar surface area (TPSA) is 49.6 Å². The van der Waals surface area contributed by atoms with Crippen molar-refractivity contribution in [3.63, 3.8) is 0 Å². The maximum Gasteiger partial charge on any atom is 0.248 e. The zero-order valence-electron chi connectivity index (χ0n) is 16.2. The monoisotopic (exact) mass is 386 g/mol. The Morgan fingerprint density at radius 1 is 1.11 bits per heavy atom. The molecule has 1 aliphatic heterocycles. The molecule has 1 aliphatic rings. The first-order chi connectivity index (χ1) is 13.0. The van der Waals surface area contributed by atoms with Crippen LogP contribution in [0.15, 0.2) is 36.4 Å². The average molecular weight is 387 g/mol. The number of halogens is 1. The van der Waals surface area contributed by atoms with Crippen molar-refractivity contribution in [1.29, 1.82) is 0 Å². The van der Waals surface area contributed by atoms with Crippen molar-refractivity contribution in [3.8, 4) is 11.5 Å². The highest BCUT2D eigenvalue weighted by atomic mass is 35.5. The van der Waals surface area contributed by atoms with Crippen molar-refractivity contribution in [1.82, 2.24) is 5.32 Å². The number of rotatable bonds is 5. The second kappa shape index (κ2) is 8.22. The Balaban J connectivity index is 2.18. The quantitative estimate of drug-likeness (QED) is 0.744. The molecule has 0 fully saturated rings. The minimum atomic E-state index is -0.237. The van der Waals surface area contributed by atoms with Gasteiger partial charge in [-0.3, -0.25) is 4.79 Å². The average Bonchev–Trinajstić information content (AvgIpc) is 2.77. The van der Waals surface area contributed by atoms with Gasteiger partial charge in [-0.1, -0.05) is 43.6 Å². The summed E-state index contributed by atoms with van der Waals surface area (Å²) in [7, 11) is 3.24. The molecule has 1 radical (unpaired) electrons. The van der Waals surface area contributed by atoms with E-state index in [4.69, 9.17) is 21.1 Å². The third kappa shape index (κ3) is 3.91. The van der Waals surface area contributed by atoms with Crippen molar-refractivity contribution >= 4 is 17.5 Å². The molecule has 27 heavy (non-hydrogen) atoms. The van der Waals surface area contributed by atoms with E-state index in [1.54, 1.807) is 14.2 Å². The summed E-state index contributed by atoms with van der Waals surface area (Å²) in [6.45, 7) is 4.61. The van der Waals surface area contributed by atoms with E-state index < -0.39 is 0 Å². The molecule has 2 atom stereocenters. The first-order valence-electron chi connectivity index (χ1n) is 9.17. The summed E-state index contributed by atoms with van der Waals surface area (Å²) in [4.78, 5) is 12.8. The summed E-state index contributed by atoms with van der Waals surface area (Å²) in [5.74, 6) is 1.30. The van der Waals surface area contributed by atoms with E-state index in [0.29, 0.717) is 29.0 Å². The number of fused-ring (bicyclic) bond motifs is 1. The van der Waals surface area contributed by atoms with Crippen LogP contribution < -0.4 is 14.8 Å².